The monoisotopic (exact) mass is 366 g/mol. The number of rotatable bonds is 7. The van der Waals surface area contributed by atoms with E-state index in [4.69, 9.17) is 4.74 Å². The number of carbonyl (C=O) groups excluding carboxylic acids is 3. The average molecular weight is 366 g/mol. The van der Waals surface area contributed by atoms with E-state index in [-0.39, 0.29) is 37.1 Å². The number of imide groups is 1. The van der Waals surface area contributed by atoms with Crippen LogP contribution in [0.4, 0.5) is 0 Å². The van der Waals surface area contributed by atoms with E-state index < -0.39 is 0 Å². The first kappa shape index (κ1) is 18.8. The van der Waals surface area contributed by atoms with Crippen LogP contribution >= 0.6 is 0 Å². The van der Waals surface area contributed by atoms with Gasteiger partial charge in [0.15, 0.2) is 0 Å². The summed E-state index contributed by atoms with van der Waals surface area (Å²) in [7, 11) is 1.65. The lowest BCUT2D eigenvalue weighted by molar-refractivity contribution is -0.139. The molecule has 0 atom stereocenters. The van der Waals surface area contributed by atoms with E-state index in [2.05, 4.69) is 5.32 Å². The van der Waals surface area contributed by atoms with Crippen molar-refractivity contribution < 1.29 is 19.1 Å². The Labute approximate surface area is 158 Å². The molecule has 0 spiro atoms. The summed E-state index contributed by atoms with van der Waals surface area (Å²) in [4.78, 5) is 36.9. The van der Waals surface area contributed by atoms with Crippen molar-refractivity contribution in [1.82, 2.24) is 10.2 Å². The van der Waals surface area contributed by atoms with E-state index in [1.54, 1.807) is 31.4 Å². The molecule has 0 radical (unpaired) electrons. The Morgan fingerprint density at radius 3 is 2.07 bits per heavy atom. The lowest BCUT2D eigenvalue weighted by atomic mass is 10.1. The second kappa shape index (κ2) is 8.60. The highest BCUT2D eigenvalue weighted by molar-refractivity contribution is 6.01. The predicted octanol–water partition coefficient (Wildman–Crippen LogP) is 2.41. The zero-order valence-electron chi connectivity index (χ0n) is 15.2. The molecule has 1 N–H and O–H groups in total. The Hall–Kier alpha value is -2.99. The molecule has 1 heterocycles. The topological polar surface area (TPSA) is 75.7 Å². The Balaban J connectivity index is 1.54. The number of nitrogens with one attached hydrogen (secondary N) is 1. The molecule has 0 unspecified atom stereocenters. The van der Waals surface area contributed by atoms with Crippen LogP contribution in [0.5, 0.6) is 0 Å². The normalized spacial score (nSPS) is 13.9. The average Bonchev–Trinajstić information content (AvgIpc) is 3.00. The van der Waals surface area contributed by atoms with Gasteiger partial charge in [0.25, 0.3) is 5.91 Å². The maximum atomic E-state index is 12.3. The molecular weight excluding hydrogens is 344 g/mol. The fourth-order valence-electron chi connectivity index (χ4n) is 2.95. The van der Waals surface area contributed by atoms with Gasteiger partial charge in [-0.3, -0.25) is 19.3 Å². The predicted molar refractivity (Wildman–Crippen MR) is 99.6 cm³/mol. The summed E-state index contributed by atoms with van der Waals surface area (Å²) >= 11 is 0. The van der Waals surface area contributed by atoms with Gasteiger partial charge in [0.1, 0.15) is 0 Å². The van der Waals surface area contributed by atoms with E-state index in [0.717, 1.165) is 16.7 Å². The van der Waals surface area contributed by atoms with Crippen LogP contribution in [-0.2, 0) is 34.0 Å². The molecule has 140 valence electrons. The highest BCUT2D eigenvalue weighted by atomic mass is 16.5. The van der Waals surface area contributed by atoms with Crippen molar-refractivity contribution >= 4 is 17.7 Å². The van der Waals surface area contributed by atoms with Gasteiger partial charge in [-0.15, -0.1) is 0 Å². The molecule has 0 aromatic heterocycles. The number of benzene rings is 2. The summed E-state index contributed by atoms with van der Waals surface area (Å²) in [5, 5.41) is 2.88. The third-order valence-corrected chi connectivity index (χ3v) is 4.50. The molecule has 27 heavy (non-hydrogen) atoms. The molecule has 3 rings (SSSR count). The minimum absolute atomic E-state index is 0.140. The number of ether oxygens (including phenoxy) is 1. The van der Waals surface area contributed by atoms with Crippen molar-refractivity contribution in [2.75, 3.05) is 7.11 Å². The number of amides is 3. The SMILES string of the molecule is COCc1ccc(CNC(=O)c2ccc(CN3C(=O)CCC3=O)cc2)cc1. The first-order valence-electron chi connectivity index (χ1n) is 8.84. The van der Waals surface area contributed by atoms with Crippen LogP contribution in [0.3, 0.4) is 0 Å². The largest absolute Gasteiger partial charge is 0.380 e. The fraction of sp³-hybridized carbons (Fsp3) is 0.286. The number of likely N-dealkylation sites (tertiary alicyclic amines) is 1. The van der Waals surface area contributed by atoms with Crippen molar-refractivity contribution in [3.05, 3.63) is 70.8 Å². The number of hydrogen-bond donors (Lipinski definition) is 1. The zero-order valence-corrected chi connectivity index (χ0v) is 15.2. The van der Waals surface area contributed by atoms with Gasteiger partial charge in [-0.05, 0) is 28.8 Å². The number of hydrogen-bond acceptors (Lipinski definition) is 4. The second-order valence-corrected chi connectivity index (χ2v) is 6.50. The summed E-state index contributed by atoms with van der Waals surface area (Å²) in [6.45, 7) is 1.26. The summed E-state index contributed by atoms with van der Waals surface area (Å²) < 4.78 is 5.08. The lowest BCUT2D eigenvalue weighted by Gasteiger charge is -2.14. The third-order valence-electron chi connectivity index (χ3n) is 4.50. The first-order chi connectivity index (χ1) is 13.1. The molecule has 1 aliphatic rings. The second-order valence-electron chi connectivity index (χ2n) is 6.50. The maximum absolute atomic E-state index is 12.3. The molecular formula is C21H22N2O4. The van der Waals surface area contributed by atoms with Gasteiger partial charge >= 0.3 is 0 Å². The first-order valence-corrected chi connectivity index (χ1v) is 8.84. The van der Waals surface area contributed by atoms with Crippen LogP contribution in [0.15, 0.2) is 48.5 Å². The minimum Gasteiger partial charge on any atom is -0.380 e. The molecule has 0 saturated carbocycles. The molecule has 3 amide bonds. The van der Waals surface area contributed by atoms with Crippen molar-refractivity contribution in [3.8, 4) is 0 Å². The van der Waals surface area contributed by atoms with Gasteiger partial charge in [-0.1, -0.05) is 36.4 Å². The quantitative estimate of drug-likeness (QED) is 0.764. The molecule has 0 bridgehead atoms. The Morgan fingerprint density at radius 2 is 1.48 bits per heavy atom. The molecule has 1 aliphatic heterocycles. The van der Waals surface area contributed by atoms with E-state index in [1.807, 2.05) is 24.3 Å². The van der Waals surface area contributed by atoms with Crippen LogP contribution in [0.25, 0.3) is 0 Å². The van der Waals surface area contributed by atoms with E-state index in [9.17, 15) is 14.4 Å². The van der Waals surface area contributed by atoms with Gasteiger partial charge in [0, 0.05) is 32.1 Å². The Morgan fingerprint density at radius 1 is 0.926 bits per heavy atom. The summed E-state index contributed by atoms with van der Waals surface area (Å²) in [5.41, 5.74) is 3.45. The number of carbonyl (C=O) groups is 3. The highest BCUT2D eigenvalue weighted by Gasteiger charge is 2.28. The number of nitrogens with zero attached hydrogens (tertiary/aromatic N) is 1. The zero-order chi connectivity index (χ0) is 19.2. The van der Waals surface area contributed by atoms with Gasteiger partial charge in [-0.25, -0.2) is 0 Å². The van der Waals surface area contributed by atoms with Crippen molar-refractivity contribution in [3.63, 3.8) is 0 Å². The van der Waals surface area contributed by atoms with Crippen molar-refractivity contribution in [2.24, 2.45) is 0 Å². The van der Waals surface area contributed by atoms with E-state index in [0.29, 0.717) is 18.7 Å². The van der Waals surface area contributed by atoms with Crippen LogP contribution in [0.2, 0.25) is 0 Å². The van der Waals surface area contributed by atoms with Gasteiger partial charge < -0.3 is 10.1 Å². The Kier molecular flexibility index (Phi) is 5.98. The summed E-state index contributed by atoms with van der Waals surface area (Å²) in [6, 6.07) is 14.8. The lowest BCUT2D eigenvalue weighted by Crippen LogP contribution is -2.28. The smallest absolute Gasteiger partial charge is 0.251 e. The standard InChI is InChI=1S/C21H22N2O4/c1-27-14-17-4-2-15(3-5-17)12-22-21(26)18-8-6-16(7-9-18)13-23-19(24)10-11-20(23)25/h2-9H,10-14H2,1H3,(H,22,26). The molecule has 2 aromatic carbocycles. The maximum Gasteiger partial charge on any atom is 0.251 e. The van der Waals surface area contributed by atoms with E-state index in [1.165, 1.54) is 4.90 Å². The molecule has 6 nitrogen and oxygen atoms in total. The van der Waals surface area contributed by atoms with Crippen molar-refractivity contribution in [1.29, 1.82) is 0 Å². The van der Waals surface area contributed by atoms with Crippen LogP contribution < -0.4 is 5.32 Å². The molecule has 2 aromatic rings. The Bertz CT molecular complexity index is 812. The van der Waals surface area contributed by atoms with E-state index >= 15 is 0 Å². The molecule has 6 heteroatoms. The molecule has 1 fully saturated rings. The third kappa shape index (κ3) is 4.80. The van der Waals surface area contributed by atoms with Crippen molar-refractivity contribution in [2.45, 2.75) is 32.5 Å². The highest BCUT2D eigenvalue weighted by Crippen LogP contribution is 2.16. The molecule has 1 saturated heterocycles. The van der Waals surface area contributed by atoms with Gasteiger partial charge in [-0.2, -0.15) is 0 Å². The van der Waals surface area contributed by atoms with Crippen LogP contribution in [0.1, 0.15) is 39.9 Å². The number of methoxy groups -OCH3 is 1. The van der Waals surface area contributed by atoms with Gasteiger partial charge in [0.2, 0.25) is 11.8 Å². The van der Waals surface area contributed by atoms with Crippen LogP contribution in [0, 0.1) is 0 Å². The van der Waals surface area contributed by atoms with Gasteiger partial charge in [0.05, 0.1) is 13.2 Å². The minimum atomic E-state index is -0.171. The summed E-state index contributed by atoms with van der Waals surface area (Å²) in [5.74, 6) is -0.451. The fourth-order valence-corrected chi connectivity index (χ4v) is 2.95. The summed E-state index contributed by atoms with van der Waals surface area (Å²) in [6.07, 6.45) is 0.567. The molecule has 0 aliphatic carbocycles. The van der Waals surface area contributed by atoms with Crippen LogP contribution in [-0.4, -0.2) is 29.7 Å².